The van der Waals surface area contributed by atoms with Gasteiger partial charge in [0, 0.05) is 19.0 Å². The van der Waals surface area contributed by atoms with Gasteiger partial charge in [-0.25, -0.2) is 0 Å². The molecular weight excluding hydrogens is 208 g/mol. The van der Waals surface area contributed by atoms with Crippen molar-refractivity contribution in [3.05, 3.63) is 34.4 Å². The van der Waals surface area contributed by atoms with Crippen LogP contribution in [0.2, 0.25) is 0 Å². The van der Waals surface area contributed by atoms with Crippen molar-refractivity contribution < 1.29 is 9.72 Å². The molecule has 1 aromatic carbocycles. The maximum atomic E-state index is 11.3. The van der Waals surface area contributed by atoms with Crippen LogP contribution in [0.25, 0.3) is 0 Å². The number of nitro benzene ring substituents is 1. The van der Waals surface area contributed by atoms with Gasteiger partial charge in [0.1, 0.15) is 5.69 Å². The summed E-state index contributed by atoms with van der Waals surface area (Å²) in [5.41, 5.74) is 0.609. The maximum absolute atomic E-state index is 11.3. The molecule has 1 aromatic rings. The van der Waals surface area contributed by atoms with Crippen LogP contribution < -0.4 is 4.90 Å². The maximum Gasteiger partial charge on any atom is 0.292 e. The number of ketones is 1. The van der Waals surface area contributed by atoms with Gasteiger partial charge >= 0.3 is 0 Å². The van der Waals surface area contributed by atoms with Crippen molar-refractivity contribution in [1.82, 2.24) is 0 Å². The fourth-order valence-electron chi connectivity index (χ4n) is 1.93. The molecule has 1 aliphatic heterocycles. The summed E-state index contributed by atoms with van der Waals surface area (Å²) < 4.78 is 0. The Morgan fingerprint density at radius 3 is 2.75 bits per heavy atom. The van der Waals surface area contributed by atoms with E-state index in [1.165, 1.54) is 6.07 Å². The average molecular weight is 220 g/mol. The minimum absolute atomic E-state index is 0.0669. The molecule has 5 heteroatoms. The van der Waals surface area contributed by atoms with Crippen molar-refractivity contribution in [3.8, 4) is 0 Å². The van der Waals surface area contributed by atoms with Gasteiger partial charge in [-0.2, -0.15) is 0 Å². The van der Waals surface area contributed by atoms with Gasteiger partial charge in [0.2, 0.25) is 0 Å². The van der Waals surface area contributed by atoms with E-state index in [9.17, 15) is 14.9 Å². The molecule has 0 atom stereocenters. The molecule has 2 rings (SSSR count). The second-order valence-corrected chi connectivity index (χ2v) is 3.81. The minimum atomic E-state index is -0.408. The third-order valence-corrected chi connectivity index (χ3v) is 2.67. The van der Waals surface area contributed by atoms with E-state index in [2.05, 4.69) is 0 Å². The van der Waals surface area contributed by atoms with Crippen molar-refractivity contribution >= 4 is 17.2 Å². The third-order valence-electron chi connectivity index (χ3n) is 2.67. The fourth-order valence-corrected chi connectivity index (χ4v) is 1.93. The van der Waals surface area contributed by atoms with Gasteiger partial charge in [0.25, 0.3) is 5.69 Å². The highest BCUT2D eigenvalue weighted by molar-refractivity contribution is 5.85. The van der Waals surface area contributed by atoms with Crippen LogP contribution in [-0.2, 0) is 4.79 Å². The molecule has 1 fully saturated rings. The van der Waals surface area contributed by atoms with Crippen molar-refractivity contribution in [1.29, 1.82) is 0 Å². The van der Waals surface area contributed by atoms with Gasteiger partial charge in [-0.3, -0.25) is 14.9 Å². The minimum Gasteiger partial charge on any atom is -0.359 e. The number of piperidine rings is 1. The fraction of sp³-hybridized carbons (Fsp3) is 0.364. The highest BCUT2D eigenvalue weighted by Gasteiger charge is 2.23. The Labute approximate surface area is 92.8 Å². The predicted octanol–water partition coefficient (Wildman–Crippen LogP) is 1.76. The molecule has 16 heavy (non-hydrogen) atoms. The molecule has 0 bridgehead atoms. The van der Waals surface area contributed by atoms with E-state index >= 15 is 0 Å². The van der Waals surface area contributed by atoms with E-state index in [0.29, 0.717) is 18.7 Å². The molecule has 5 nitrogen and oxygen atoms in total. The molecule has 0 amide bonds. The van der Waals surface area contributed by atoms with E-state index in [0.717, 1.165) is 6.42 Å². The van der Waals surface area contributed by atoms with Gasteiger partial charge in [0.05, 0.1) is 11.5 Å². The van der Waals surface area contributed by atoms with E-state index in [-0.39, 0.29) is 18.0 Å². The molecule has 1 heterocycles. The number of rotatable bonds is 2. The molecular formula is C11H12N2O3. The zero-order valence-electron chi connectivity index (χ0n) is 8.76. The number of benzene rings is 1. The number of hydrogen-bond donors (Lipinski definition) is 0. The number of Topliss-reactive ketones (excluding diaryl/α,β-unsaturated/α-hetero) is 1. The number of carbonyl (C=O) groups is 1. The van der Waals surface area contributed by atoms with Gasteiger partial charge in [0.15, 0.2) is 5.78 Å². The summed E-state index contributed by atoms with van der Waals surface area (Å²) in [5.74, 6) is 0.143. The lowest BCUT2D eigenvalue weighted by Gasteiger charge is -2.27. The summed E-state index contributed by atoms with van der Waals surface area (Å²) in [6.07, 6.45) is 1.35. The number of carbonyl (C=O) groups excluding carboxylic acids is 1. The molecule has 84 valence electrons. The summed E-state index contributed by atoms with van der Waals surface area (Å²) in [6.45, 7) is 0.988. The highest BCUT2D eigenvalue weighted by Crippen LogP contribution is 2.28. The van der Waals surface area contributed by atoms with Crippen LogP contribution in [0.4, 0.5) is 11.4 Å². The second-order valence-electron chi connectivity index (χ2n) is 3.81. The normalized spacial score (nSPS) is 16.2. The van der Waals surface area contributed by atoms with Crippen molar-refractivity contribution in [2.75, 3.05) is 18.0 Å². The number of nitrogens with zero attached hydrogens (tertiary/aromatic N) is 2. The SMILES string of the molecule is O=C1CCCN(c2ccccc2[N+](=O)[O-])C1. The first-order valence-corrected chi connectivity index (χ1v) is 5.18. The van der Waals surface area contributed by atoms with Crippen molar-refractivity contribution in [2.45, 2.75) is 12.8 Å². The lowest BCUT2D eigenvalue weighted by Crippen LogP contribution is -2.35. The van der Waals surface area contributed by atoms with E-state index in [1.54, 1.807) is 23.1 Å². The Hall–Kier alpha value is -1.91. The first-order chi connectivity index (χ1) is 7.68. The third kappa shape index (κ3) is 2.03. The Morgan fingerprint density at radius 1 is 1.31 bits per heavy atom. The standard InChI is InChI=1S/C11H12N2O3/c14-9-4-3-7-12(8-9)10-5-1-2-6-11(10)13(15)16/h1-2,5-6H,3-4,7-8H2. The Morgan fingerprint density at radius 2 is 2.06 bits per heavy atom. The van der Waals surface area contributed by atoms with Gasteiger partial charge < -0.3 is 4.90 Å². The highest BCUT2D eigenvalue weighted by atomic mass is 16.6. The molecule has 0 N–H and O–H groups in total. The molecule has 0 radical (unpaired) electrons. The molecule has 1 aliphatic rings. The molecule has 0 unspecified atom stereocenters. The van der Waals surface area contributed by atoms with Crippen molar-refractivity contribution in [2.24, 2.45) is 0 Å². The smallest absolute Gasteiger partial charge is 0.292 e. The zero-order valence-corrected chi connectivity index (χ0v) is 8.76. The van der Waals surface area contributed by atoms with Crippen LogP contribution in [0, 0.1) is 10.1 Å². The van der Waals surface area contributed by atoms with Crippen LogP contribution >= 0.6 is 0 Å². The topological polar surface area (TPSA) is 63.5 Å². The number of hydrogen-bond acceptors (Lipinski definition) is 4. The van der Waals surface area contributed by atoms with E-state index in [1.807, 2.05) is 0 Å². The number of para-hydroxylation sites is 2. The summed E-state index contributed by atoms with van der Waals surface area (Å²) >= 11 is 0. The summed E-state index contributed by atoms with van der Waals surface area (Å²) in [6, 6.07) is 6.54. The number of anilines is 1. The van der Waals surface area contributed by atoms with Crippen LogP contribution in [0.1, 0.15) is 12.8 Å². The summed E-state index contributed by atoms with van der Waals surface area (Å²) in [4.78, 5) is 23.5. The van der Waals surface area contributed by atoms with Crippen LogP contribution in [-0.4, -0.2) is 23.8 Å². The Kier molecular flexibility index (Phi) is 2.85. The molecule has 0 saturated carbocycles. The molecule has 0 aromatic heterocycles. The largest absolute Gasteiger partial charge is 0.359 e. The van der Waals surface area contributed by atoms with Gasteiger partial charge in [-0.1, -0.05) is 12.1 Å². The van der Waals surface area contributed by atoms with E-state index < -0.39 is 4.92 Å². The quantitative estimate of drug-likeness (QED) is 0.562. The second kappa shape index (κ2) is 4.30. The lowest BCUT2D eigenvalue weighted by atomic mass is 10.1. The predicted molar refractivity (Wildman–Crippen MR) is 59.6 cm³/mol. The monoisotopic (exact) mass is 220 g/mol. The van der Waals surface area contributed by atoms with E-state index in [4.69, 9.17) is 0 Å². The van der Waals surface area contributed by atoms with Crippen LogP contribution in [0.15, 0.2) is 24.3 Å². The molecule has 0 aliphatic carbocycles. The van der Waals surface area contributed by atoms with Crippen LogP contribution in [0.5, 0.6) is 0 Å². The van der Waals surface area contributed by atoms with Crippen LogP contribution in [0.3, 0.4) is 0 Å². The van der Waals surface area contributed by atoms with Gasteiger partial charge in [-0.15, -0.1) is 0 Å². The lowest BCUT2D eigenvalue weighted by molar-refractivity contribution is -0.384. The first-order valence-electron chi connectivity index (χ1n) is 5.18. The Bertz CT molecular complexity index is 431. The average Bonchev–Trinajstić information content (AvgIpc) is 2.29. The van der Waals surface area contributed by atoms with Gasteiger partial charge in [-0.05, 0) is 12.5 Å². The summed E-state index contributed by atoms with van der Waals surface area (Å²) in [7, 11) is 0. The first kappa shape index (κ1) is 10.6. The summed E-state index contributed by atoms with van der Waals surface area (Å²) in [5, 5.41) is 10.8. The zero-order chi connectivity index (χ0) is 11.5. The number of nitro groups is 1. The van der Waals surface area contributed by atoms with Crippen molar-refractivity contribution in [3.63, 3.8) is 0 Å². The molecule has 0 spiro atoms. The Balaban J connectivity index is 2.32. The molecule has 1 saturated heterocycles.